The first-order valence-corrected chi connectivity index (χ1v) is 13.9. The van der Waals surface area contributed by atoms with E-state index in [1.165, 1.54) is 11.3 Å². The number of thiophene rings is 1. The number of aryl methyl sites for hydroxylation is 5. The highest BCUT2D eigenvalue weighted by Crippen LogP contribution is 2.39. The molecule has 9 nitrogen and oxygen atoms in total. The lowest BCUT2D eigenvalue weighted by molar-refractivity contribution is 0.0335. The minimum atomic E-state index is -0.367. The van der Waals surface area contributed by atoms with E-state index in [4.69, 9.17) is 9.72 Å². The van der Waals surface area contributed by atoms with Crippen LogP contribution in [-0.2, 0) is 31.7 Å². The molecule has 1 N–H and O–H groups in total. The number of ether oxygens (including phenoxy) is 1. The molecule has 0 bridgehead atoms. The number of amides is 1. The maximum absolute atomic E-state index is 14.0. The smallest absolute Gasteiger partial charge is 0.341 e. The number of hydrogen-bond acceptors (Lipinski definition) is 7. The molecule has 1 atom stereocenters. The van der Waals surface area contributed by atoms with Gasteiger partial charge in [0.2, 0.25) is 0 Å². The zero-order chi connectivity index (χ0) is 27.3. The summed E-state index contributed by atoms with van der Waals surface area (Å²) in [6.07, 6.45) is 4.35. The number of rotatable bonds is 6. The largest absolute Gasteiger partial charge is 0.459 e. The predicted molar refractivity (Wildman–Crippen MR) is 149 cm³/mol. The van der Waals surface area contributed by atoms with Crippen molar-refractivity contribution in [1.29, 1.82) is 0 Å². The van der Waals surface area contributed by atoms with Crippen molar-refractivity contribution in [2.45, 2.75) is 72.8 Å². The van der Waals surface area contributed by atoms with E-state index in [-0.39, 0.29) is 18.0 Å². The molecule has 0 fully saturated rings. The number of fused-ring (bicyclic) bond motifs is 2. The molecule has 0 aromatic carbocycles. The monoisotopic (exact) mass is 534 g/mol. The molecule has 5 rings (SSSR count). The lowest BCUT2D eigenvalue weighted by Crippen LogP contribution is -2.19. The van der Waals surface area contributed by atoms with Gasteiger partial charge < -0.3 is 10.1 Å². The summed E-state index contributed by atoms with van der Waals surface area (Å²) in [7, 11) is 3.72. The molecule has 1 unspecified atom stereocenters. The molecule has 4 aromatic rings. The fraction of sp³-hybridized carbons (Fsp3) is 0.464. The van der Waals surface area contributed by atoms with Gasteiger partial charge >= 0.3 is 5.97 Å². The van der Waals surface area contributed by atoms with Crippen molar-refractivity contribution in [3.8, 4) is 11.3 Å². The molecule has 10 heteroatoms. The van der Waals surface area contributed by atoms with Gasteiger partial charge in [0.25, 0.3) is 5.91 Å². The first kappa shape index (κ1) is 26.1. The standard InChI is InChI=1S/C28H34N6O3S/c1-8-14(2)37-28(36)24-18-11-9-10-12-21(18)38-27(24)30-26(35)19-13-20(22-15(3)31-33(6)17(22)5)29-25-23(19)16(4)32-34(25)7/h13-14H,8-12H2,1-7H3,(H,30,35). The van der Waals surface area contributed by atoms with Crippen LogP contribution in [0.15, 0.2) is 6.07 Å². The van der Waals surface area contributed by atoms with Gasteiger partial charge in [-0.15, -0.1) is 11.3 Å². The van der Waals surface area contributed by atoms with Gasteiger partial charge in [0.15, 0.2) is 5.65 Å². The lowest BCUT2D eigenvalue weighted by atomic mass is 9.95. The third kappa shape index (κ3) is 4.40. The molecule has 0 saturated carbocycles. The summed E-state index contributed by atoms with van der Waals surface area (Å²) >= 11 is 1.49. The van der Waals surface area contributed by atoms with Crippen LogP contribution in [0.1, 0.15) is 81.3 Å². The lowest BCUT2D eigenvalue weighted by Gasteiger charge is -2.15. The summed E-state index contributed by atoms with van der Waals surface area (Å²) in [5.41, 5.74) is 6.68. The van der Waals surface area contributed by atoms with E-state index < -0.39 is 0 Å². The van der Waals surface area contributed by atoms with Crippen molar-refractivity contribution < 1.29 is 14.3 Å². The second-order valence-electron chi connectivity index (χ2n) is 10.1. The quantitative estimate of drug-likeness (QED) is 0.330. The molecule has 38 heavy (non-hydrogen) atoms. The number of carbonyl (C=O) groups is 2. The number of pyridine rings is 1. The average Bonchev–Trinajstić information content (AvgIpc) is 3.47. The average molecular weight is 535 g/mol. The Hall–Kier alpha value is -3.53. The van der Waals surface area contributed by atoms with Gasteiger partial charge in [-0.25, -0.2) is 9.78 Å². The van der Waals surface area contributed by atoms with Crippen LogP contribution >= 0.6 is 11.3 Å². The normalized spacial score (nSPS) is 14.0. The highest BCUT2D eigenvalue weighted by Gasteiger charge is 2.29. The third-order valence-corrected chi connectivity index (χ3v) is 8.67. The van der Waals surface area contributed by atoms with E-state index in [2.05, 4.69) is 15.5 Å². The van der Waals surface area contributed by atoms with Gasteiger partial charge in [-0.1, -0.05) is 6.92 Å². The van der Waals surface area contributed by atoms with Crippen LogP contribution < -0.4 is 5.32 Å². The highest BCUT2D eigenvalue weighted by molar-refractivity contribution is 7.17. The minimum Gasteiger partial charge on any atom is -0.459 e. The SMILES string of the molecule is CCC(C)OC(=O)c1c(NC(=O)c2cc(-c3c(C)nn(C)c3C)nc3c2c(C)nn3C)sc2c1CCCC2. The highest BCUT2D eigenvalue weighted by atomic mass is 32.1. The Morgan fingerprint density at radius 1 is 1.11 bits per heavy atom. The Labute approximate surface area is 226 Å². The summed E-state index contributed by atoms with van der Waals surface area (Å²) in [5, 5.41) is 13.4. The molecule has 0 spiro atoms. The molecule has 4 heterocycles. The number of nitrogens with zero attached hydrogens (tertiary/aromatic N) is 5. The number of aromatic nitrogens is 5. The van der Waals surface area contributed by atoms with Crippen LogP contribution in [0.2, 0.25) is 0 Å². The first-order chi connectivity index (χ1) is 18.1. The second-order valence-corrected chi connectivity index (χ2v) is 11.2. The van der Waals surface area contributed by atoms with Crippen molar-refractivity contribution >= 4 is 39.2 Å². The molecular formula is C28H34N6O3S. The Morgan fingerprint density at radius 2 is 1.82 bits per heavy atom. The van der Waals surface area contributed by atoms with Crippen LogP contribution in [0, 0.1) is 20.8 Å². The fourth-order valence-corrected chi connectivity index (χ4v) is 6.53. The Morgan fingerprint density at radius 3 is 2.50 bits per heavy atom. The van der Waals surface area contributed by atoms with Crippen LogP contribution in [0.25, 0.3) is 22.3 Å². The van der Waals surface area contributed by atoms with Crippen LogP contribution in [-0.4, -0.2) is 42.5 Å². The van der Waals surface area contributed by atoms with Crippen molar-refractivity contribution in [1.82, 2.24) is 24.5 Å². The molecule has 0 aliphatic heterocycles. The molecule has 1 aliphatic rings. The minimum absolute atomic E-state index is 0.198. The Kier molecular flexibility index (Phi) is 6.85. The molecule has 1 aliphatic carbocycles. The number of esters is 1. The first-order valence-electron chi connectivity index (χ1n) is 13.1. The summed E-state index contributed by atoms with van der Waals surface area (Å²) in [4.78, 5) is 33.3. The van der Waals surface area contributed by atoms with Gasteiger partial charge in [-0.2, -0.15) is 10.2 Å². The van der Waals surface area contributed by atoms with E-state index in [1.807, 2.05) is 59.5 Å². The number of carbonyl (C=O) groups excluding carboxylic acids is 2. The van der Waals surface area contributed by atoms with Crippen molar-refractivity contribution in [2.75, 3.05) is 5.32 Å². The van der Waals surface area contributed by atoms with Crippen molar-refractivity contribution in [3.05, 3.63) is 44.7 Å². The Bertz CT molecular complexity index is 1580. The number of nitrogens with one attached hydrogen (secondary N) is 1. The summed E-state index contributed by atoms with van der Waals surface area (Å²) in [6, 6.07) is 1.81. The summed E-state index contributed by atoms with van der Waals surface area (Å²) < 4.78 is 9.23. The maximum atomic E-state index is 14.0. The van der Waals surface area contributed by atoms with Crippen molar-refractivity contribution in [2.24, 2.45) is 14.1 Å². The molecule has 0 saturated heterocycles. The van der Waals surface area contributed by atoms with E-state index in [0.29, 0.717) is 38.5 Å². The second kappa shape index (κ2) is 9.98. The summed E-state index contributed by atoms with van der Waals surface area (Å²) in [6.45, 7) is 9.67. The van der Waals surface area contributed by atoms with E-state index in [1.54, 1.807) is 4.68 Å². The third-order valence-electron chi connectivity index (χ3n) is 7.46. The van der Waals surface area contributed by atoms with Gasteiger partial charge in [0.1, 0.15) is 5.00 Å². The van der Waals surface area contributed by atoms with Gasteiger partial charge in [-0.05, 0) is 71.4 Å². The van der Waals surface area contributed by atoms with Crippen LogP contribution in [0.3, 0.4) is 0 Å². The zero-order valence-corrected chi connectivity index (χ0v) is 23.9. The Balaban J connectivity index is 1.62. The van der Waals surface area contributed by atoms with E-state index in [0.717, 1.165) is 59.5 Å². The number of hydrogen-bond donors (Lipinski definition) is 1. The number of anilines is 1. The zero-order valence-electron chi connectivity index (χ0n) is 23.1. The predicted octanol–water partition coefficient (Wildman–Crippen LogP) is 5.44. The molecule has 0 radical (unpaired) electrons. The summed E-state index contributed by atoms with van der Waals surface area (Å²) in [5.74, 6) is -0.668. The van der Waals surface area contributed by atoms with Crippen LogP contribution in [0.5, 0.6) is 0 Å². The molecule has 200 valence electrons. The molecular weight excluding hydrogens is 500 g/mol. The molecule has 1 amide bonds. The molecule has 4 aromatic heterocycles. The maximum Gasteiger partial charge on any atom is 0.341 e. The van der Waals surface area contributed by atoms with Gasteiger partial charge in [0.05, 0.1) is 39.7 Å². The van der Waals surface area contributed by atoms with Gasteiger partial charge in [-0.3, -0.25) is 14.2 Å². The van der Waals surface area contributed by atoms with Crippen LogP contribution in [0.4, 0.5) is 5.00 Å². The van der Waals surface area contributed by atoms with E-state index >= 15 is 0 Å². The fourth-order valence-electron chi connectivity index (χ4n) is 5.26. The van der Waals surface area contributed by atoms with Gasteiger partial charge in [0, 0.05) is 30.2 Å². The van der Waals surface area contributed by atoms with E-state index in [9.17, 15) is 9.59 Å². The topological polar surface area (TPSA) is 104 Å². The van der Waals surface area contributed by atoms with Crippen molar-refractivity contribution in [3.63, 3.8) is 0 Å².